The van der Waals surface area contributed by atoms with Gasteiger partial charge in [0.1, 0.15) is 5.82 Å². The van der Waals surface area contributed by atoms with Gasteiger partial charge in [0, 0.05) is 18.9 Å². The first-order chi connectivity index (χ1) is 13.2. The first-order valence-corrected chi connectivity index (χ1v) is 8.47. The number of carbonyl (C=O) groups is 1. The van der Waals surface area contributed by atoms with Crippen LogP contribution in [-0.2, 0) is 13.1 Å². The van der Waals surface area contributed by atoms with Crippen LogP contribution in [0.5, 0.6) is 0 Å². The van der Waals surface area contributed by atoms with Gasteiger partial charge in [-0.15, -0.1) is 0 Å². The van der Waals surface area contributed by atoms with Crippen molar-refractivity contribution in [2.24, 2.45) is 0 Å². The summed E-state index contributed by atoms with van der Waals surface area (Å²) in [6.07, 6.45) is 4.97. The Balaban J connectivity index is 1.69. The van der Waals surface area contributed by atoms with Gasteiger partial charge < -0.3 is 10.4 Å². The van der Waals surface area contributed by atoms with Crippen LogP contribution < -0.4 is 5.32 Å². The third-order valence-electron chi connectivity index (χ3n) is 4.24. The van der Waals surface area contributed by atoms with Gasteiger partial charge in [0.25, 0.3) is 0 Å². The average Bonchev–Trinajstić information content (AvgIpc) is 3.10. The molecule has 0 radical (unpaired) electrons. The molecule has 27 heavy (non-hydrogen) atoms. The number of nitrogens with one attached hydrogen (secondary N) is 1. The highest BCUT2D eigenvalue weighted by molar-refractivity contribution is 6.02. The van der Waals surface area contributed by atoms with E-state index in [-0.39, 0.29) is 5.56 Å². The lowest BCUT2D eigenvalue weighted by atomic mass is 10.2. The molecule has 2 N–H and O–H groups in total. The average molecular weight is 359 g/mol. The number of carboxylic acid groups (broad SMARTS) is 1. The smallest absolute Gasteiger partial charge is 0.336 e. The van der Waals surface area contributed by atoms with Gasteiger partial charge in [0.05, 0.1) is 23.7 Å². The number of nitrogens with zero attached hydrogens (tertiary/aromatic N) is 4. The summed E-state index contributed by atoms with van der Waals surface area (Å²) in [4.78, 5) is 20.3. The molecular formula is C20H17N5O2. The number of aromatic carboxylic acids is 1. The van der Waals surface area contributed by atoms with E-state index in [1.54, 1.807) is 29.3 Å². The highest BCUT2D eigenvalue weighted by Gasteiger charge is 2.16. The standard InChI is InChI=1S/C20H17N5O2/c26-20(27)16-10-18(22-11-14-4-2-1-3-5-14)24-19-17(16)12-23-25(19)13-15-6-8-21-9-7-15/h1-10,12H,11,13H2,(H,22,24)(H,26,27). The third-order valence-corrected chi connectivity index (χ3v) is 4.24. The molecule has 1 aromatic carbocycles. The van der Waals surface area contributed by atoms with Gasteiger partial charge in [0.2, 0.25) is 0 Å². The zero-order valence-electron chi connectivity index (χ0n) is 14.4. The highest BCUT2D eigenvalue weighted by atomic mass is 16.4. The fourth-order valence-corrected chi connectivity index (χ4v) is 2.88. The maximum absolute atomic E-state index is 11.7. The summed E-state index contributed by atoms with van der Waals surface area (Å²) in [5, 5.41) is 17.6. The van der Waals surface area contributed by atoms with Crippen LogP contribution in [0.1, 0.15) is 21.5 Å². The number of hydrogen-bond donors (Lipinski definition) is 2. The molecular weight excluding hydrogens is 342 g/mol. The van der Waals surface area contributed by atoms with E-state index in [4.69, 9.17) is 0 Å². The van der Waals surface area contributed by atoms with E-state index in [0.29, 0.717) is 29.9 Å². The van der Waals surface area contributed by atoms with Crippen molar-refractivity contribution in [1.29, 1.82) is 0 Å². The summed E-state index contributed by atoms with van der Waals surface area (Å²) >= 11 is 0. The first-order valence-electron chi connectivity index (χ1n) is 8.47. The molecule has 0 aliphatic carbocycles. The summed E-state index contributed by atoms with van der Waals surface area (Å²) in [5.74, 6) is -0.506. The van der Waals surface area contributed by atoms with Crippen LogP contribution in [0.2, 0.25) is 0 Å². The summed E-state index contributed by atoms with van der Waals surface area (Å²) in [6, 6.07) is 15.2. The van der Waals surface area contributed by atoms with Crippen LogP contribution in [-0.4, -0.2) is 30.8 Å². The van der Waals surface area contributed by atoms with Crippen molar-refractivity contribution in [2.45, 2.75) is 13.1 Å². The molecule has 7 nitrogen and oxygen atoms in total. The summed E-state index contributed by atoms with van der Waals surface area (Å²) < 4.78 is 1.70. The molecule has 0 fully saturated rings. The Bertz CT molecular complexity index is 1080. The van der Waals surface area contributed by atoms with Crippen LogP contribution in [0.4, 0.5) is 5.82 Å². The Kier molecular flexibility index (Phi) is 4.49. The molecule has 4 rings (SSSR count). The van der Waals surface area contributed by atoms with Gasteiger partial charge in [-0.25, -0.2) is 14.5 Å². The first kappa shape index (κ1) is 16.7. The molecule has 0 saturated carbocycles. The molecule has 134 valence electrons. The molecule has 0 unspecified atom stereocenters. The van der Waals surface area contributed by atoms with Crippen molar-refractivity contribution in [3.63, 3.8) is 0 Å². The lowest BCUT2D eigenvalue weighted by Crippen LogP contribution is -2.08. The molecule has 0 saturated heterocycles. The summed E-state index contributed by atoms with van der Waals surface area (Å²) in [6.45, 7) is 1.04. The number of carboxylic acids is 1. The van der Waals surface area contributed by atoms with Crippen LogP contribution >= 0.6 is 0 Å². The zero-order chi connectivity index (χ0) is 18.6. The maximum atomic E-state index is 11.7. The molecule has 0 aliphatic rings. The van der Waals surface area contributed by atoms with Crippen molar-refractivity contribution in [3.8, 4) is 0 Å². The number of hydrogen-bond acceptors (Lipinski definition) is 5. The lowest BCUT2D eigenvalue weighted by Gasteiger charge is -2.09. The van der Waals surface area contributed by atoms with Gasteiger partial charge in [-0.05, 0) is 29.3 Å². The quantitative estimate of drug-likeness (QED) is 0.549. The molecule has 0 spiro atoms. The molecule has 4 aromatic rings. The second-order valence-corrected chi connectivity index (χ2v) is 6.09. The largest absolute Gasteiger partial charge is 0.478 e. The SMILES string of the molecule is O=C(O)c1cc(NCc2ccccc2)nc2c1cnn2Cc1ccncc1. The van der Waals surface area contributed by atoms with Crippen molar-refractivity contribution in [3.05, 3.63) is 83.8 Å². The Morgan fingerprint density at radius 2 is 1.85 bits per heavy atom. The van der Waals surface area contributed by atoms with E-state index in [0.717, 1.165) is 11.1 Å². The van der Waals surface area contributed by atoms with E-state index in [2.05, 4.69) is 20.4 Å². The van der Waals surface area contributed by atoms with Crippen molar-refractivity contribution in [1.82, 2.24) is 19.7 Å². The maximum Gasteiger partial charge on any atom is 0.336 e. The zero-order valence-corrected chi connectivity index (χ0v) is 14.4. The topological polar surface area (TPSA) is 92.9 Å². The number of fused-ring (bicyclic) bond motifs is 1. The van der Waals surface area contributed by atoms with Crippen molar-refractivity contribution >= 4 is 22.8 Å². The van der Waals surface area contributed by atoms with E-state index in [1.165, 1.54) is 0 Å². The fourth-order valence-electron chi connectivity index (χ4n) is 2.88. The minimum atomic E-state index is -1.01. The fraction of sp³-hybridized carbons (Fsp3) is 0.100. The molecule has 0 aliphatic heterocycles. The van der Waals surface area contributed by atoms with Gasteiger partial charge in [-0.2, -0.15) is 5.10 Å². The highest BCUT2D eigenvalue weighted by Crippen LogP contribution is 2.22. The van der Waals surface area contributed by atoms with Crippen molar-refractivity contribution in [2.75, 3.05) is 5.32 Å². The van der Waals surface area contributed by atoms with Crippen LogP contribution in [0.3, 0.4) is 0 Å². The number of pyridine rings is 2. The Morgan fingerprint density at radius 1 is 1.07 bits per heavy atom. The molecule has 7 heteroatoms. The van der Waals surface area contributed by atoms with Crippen molar-refractivity contribution < 1.29 is 9.90 Å². The normalized spacial score (nSPS) is 10.8. The van der Waals surface area contributed by atoms with E-state index in [1.807, 2.05) is 42.5 Å². The lowest BCUT2D eigenvalue weighted by molar-refractivity contribution is 0.0699. The van der Waals surface area contributed by atoms with Crippen LogP contribution in [0, 0.1) is 0 Å². The van der Waals surface area contributed by atoms with Crippen LogP contribution in [0.15, 0.2) is 67.1 Å². The predicted molar refractivity (Wildman–Crippen MR) is 102 cm³/mol. The third kappa shape index (κ3) is 3.62. The van der Waals surface area contributed by atoms with E-state index < -0.39 is 5.97 Å². The van der Waals surface area contributed by atoms with Gasteiger partial charge in [-0.3, -0.25) is 4.98 Å². The number of aromatic nitrogens is 4. The van der Waals surface area contributed by atoms with E-state index >= 15 is 0 Å². The number of rotatable bonds is 6. The molecule has 0 bridgehead atoms. The Labute approximate surface area is 155 Å². The minimum Gasteiger partial charge on any atom is -0.478 e. The Morgan fingerprint density at radius 3 is 2.59 bits per heavy atom. The predicted octanol–water partition coefficient (Wildman–Crippen LogP) is 3.18. The Hall–Kier alpha value is -3.74. The van der Waals surface area contributed by atoms with Crippen LogP contribution in [0.25, 0.3) is 11.0 Å². The second kappa shape index (κ2) is 7.25. The van der Waals surface area contributed by atoms with Gasteiger partial charge >= 0.3 is 5.97 Å². The summed E-state index contributed by atoms with van der Waals surface area (Å²) in [7, 11) is 0. The van der Waals surface area contributed by atoms with E-state index in [9.17, 15) is 9.90 Å². The summed E-state index contributed by atoms with van der Waals surface area (Å²) in [5.41, 5.74) is 2.80. The number of anilines is 1. The molecule has 0 amide bonds. The molecule has 0 atom stereocenters. The molecule has 3 aromatic heterocycles. The molecule has 3 heterocycles. The second-order valence-electron chi connectivity index (χ2n) is 6.09. The van der Waals surface area contributed by atoms with Gasteiger partial charge in [-0.1, -0.05) is 30.3 Å². The monoisotopic (exact) mass is 359 g/mol. The van der Waals surface area contributed by atoms with Gasteiger partial charge in [0.15, 0.2) is 5.65 Å². The number of benzene rings is 1. The minimum absolute atomic E-state index is 0.177.